The Morgan fingerprint density at radius 2 is 2.22 bits per heavy atom. The van der Waals surface area contributed by atoms with Crippen LogP contribution < -0.4 is 5.32 Å². The summed E-state index contributed by atoms with van der Waals surface area (Å²) in [6.07, 6.45) is 4.14. The van der Waals surface area contributed by atoms with Gasteiger partial charge in [0.25, 0.3) is 5.91 Å². The third kappa shape index (κ3) is 2.25. The summed E-state index contributed by atoms with van der Waals surface area (Å²) in [6, 6.07) is 1.30. The van der Waals surface area contributed by atoms with Gasteiger partial charge in [0.05, 0.1) is 11.8 Å². The van der Waals surface area contributed by atoms with Gasteiger partial charge in [-0.15, -0.1) is 0 Å². The molecule has 0 aromatic carbocycles. The summed E-state index contributed by atoms with van der Waals surface area (Å²) in [5.41, 5.74) is 0.547. The number of likely N-dealkylation sites (N-methyl/N-ethyl adjacent to an activating group) is 1. The van der Waals surface area contributed by atoms with E-state index in [0.717, 1.165) is 19.3 Å². The zero-order chi connectivity index (χ0) is 13.1. The monoisotopic (exact) mass is 250 g/mol. The molecule has 0 spiro atoms. The molecule has 0 saturated carbocycles. The highest BCUT2D eigenvalue weighted by molar-refractivity contribution is 5.98. The number of nitrogens with zero attached hydrogens (tertiary/aromatic N) is 1. The molecule has 1 aliphatic heterocycles. The van der Waals surface area contributed by atoms with Gasteiger partial charge in [-0.25, -0.2) is 0 Å². The van der Waals surface area contributed by atoms with E-state index in [2.05, 4.69) is 5.32 Å². The van der Waals surface area contributed by atoms with Gasteiger partial charge in [-0.1, -0.05) is 0 Å². The van der Waals surface area contributed by atoms with Crippen molar-refractivity contribution in [1.29, 1.82) is 0 Å². The fourth-order valence-corrected chi connectivity index (χ4v) is 2.38. The zero-order valence-electron chi connectivity index (χ0n) is 10.7. The number of carbonyl (C=O) groups excluding carboxylic acids is 2. The van der Waals surface area contributed by atoms with Crippen LogP contribution in [0.15, 0.2) is 16.7 Å². The third-order valence-corrected chi connectivity index (χ3v) is 3.40. The first-order valence-corrected chi connectivity index (χ1v) is 6.22. The molecule has 0 aliphatic carbocycles. The average Bonchev–Trinajstić information content (AvgIpc) is 2.83. The summed E-state index contributed by atoms with van der Waals surface area (Å²) in [6.45, 7) is 2.38. The number of hydrogen-bond acceptors (Lipinski definition) is 3. The molecule has 2 heterocycles. The quantitative estimate of drug-likeness (QED) is 0.861. The Kier molecular flexibility index (Phi) is 3.69. The molecular weight excluding hydrogens is 232 g/mol. The SMILES string of the molecule is CNC(=O)C1CCCCN1C(=O)c1ccoc1C. The van der Waals surface area contributed by atoms with Crippen LogP contribution in [0.3, 0.4) is 0 Å². The Morgan fingerprint density at radius 1 is 1.44 bits per heavy atom. The predicted octanol–water partition coefficient (Wildman–Crippen LogP) is 1.33. The third-order valence-electron chi connectivity index (χ3n) is 3.40. The molecule has 1 saturated heterocycles. The average molecular weight is 250 g/mol. The second kappa shape index (κ2) is 5.25. The van der Waals surface area contributed by atoms with E-state index in [1.165, 1.54) is 6.26 Å². The Balaban J connectivity index is 2.21. The van der Waals surface area contributed by atoms with E-state index in [4.69, 9.17) is 4.42 Å². The van der Waals surface area contributed by atoms with Crippen molar-refractivity contribution in [3.8, 4) is 0 Å². The van der Waals surface area contributed by atoms with Crippen molar-refractivity contribution in [3.05, 3.63) is 23.7 Å². The van der Waals surface area contributed by atoms with Crippen LogP contribution in [0.1, 0.15) is 35.4 Å². The zero-order valence-corrected chi connectivity index (χ0v) is 10.7. The minimum absolute atomic E-state index is 0.0933. The van der Waals surface area contributed by atoms with Crippen LogP contribution in [0.4, 0.5) is 0 Å². The molecule has 18 heavy (non-hydrogen) atoms. The lowest BCUT2D eigenvalue weighted by Crippen LogP contribution is -2.51. The van der Waals surface area contributed by atoms with Crippen LogP contribution in [-0.4, -0.2) is 36.3 Å². The number of carbonyl (C=O) groups is 2. The van der Waals surface area contributed by atoms with E-state index < -0.39 is 0 Å². The molecule has 5 heteroatoms. The summed E-state index contributed by atoms with van der Waals surface area (Å²) in [5, 5.41) is 2.62. The number of likely N-dealkylation sites (tertiary alicyclic amines) is 1. The van der Waals surface area contributed by atoms with Crippen molar-refractivity contribution < 1.29 is 14.0 Å². The Hall–Kier alpha value is -1.78. The lowest BCUT2D eigenvalue weighted by Gasteiger charge is -2.34. The van der Waals surface area contributed by atoms with Gasteiger partial charge in [0, 0.05) is 13.6 Å². The number of hydrogen-bond donors (Lipinski definition) is 1. The molecule has 1 aromatic rings. The molecule has 1 aromatic heterocycles. The predicted molar refractivity (Wildman–Crippen MR) is 66.2 cm³/mol. The van der Waals surface area contributed by atoms with Gasteiger partial charge in [-0.2, -0.15) is 0 Å². The van der Waals surface area contributed by atoms with Gasteiger partial charge in [-0.3, -0.25) is 9.59 Å². The van der Waals surface area contributed by atoms with Gasteiger partial charge in [0.2, 0.25) is 5.91 Å². The van der Waals surface area contributed by atoms with Crippen LogP contribution in [0.5, 0.6) is 0 Å². The van der Waals surface area contributed by atoms with Crippen molar-refractivity contribution in [3.63, 3.8) is 0 Å². The number of piperidine rings is 1. The van der Waals surface area contributed by atoms with Gasteiger partial charge >= 0.3 is 0 Å². The van der Waals surface area contributed by atoms with Crippen molar-refractivity contribution in [2.45, 2.75) is 32.2 Å². The van der Waals surface area contributed by atoms with Crippen LogP contribution in [0, 0.1) is 6.92 Å². The highest BCUT2D eigenvalue weighted by atomic mass is 16.3. The lowest BCUT2D eigenvalue weighted by atomic mass is 10.00. The molecule has 1 atom stereocenters. The van der Waals surface area contributed by atoms with E-state index >= 15 is 0 Å². The van der Waals surface area contributed by atoms with E-state index in [-0.39, 0.29) is 17.9 Å². The molecule has 98 valence electrons. The Labute approximate surface area is 106 Å². The van der Waals surface area contributed by atoms with E-state index in [9.17, 15) is 9.59 Å². The van der Waals surface area contributed by atoms with Gasteiger partial charge in [-0.05, 0) is 32.3 Å². The van der Waals surface area contributed by atoms with Crippen LogP contribution in [-0.2, 0) is 4.79 Å². The molecule has 5 nitrogen and oxygen atoms in total. The summed E-state index contributed by atoms with van der Waals surface area (Å²) in [5.74, 6) is 0.389. The summed E-state index contributed by atoms with van der Waals surface area (Å²) in [4.78, 5) is 25.9. The fraction of sp³-hybridized carbons (Fsp3) is 0.538. The summed E-state index contributed by atoms with van der Waals surface area (Å²) < 4.78 is 5.15. The second-order valence-corrected chi connectivity index (χ2v) is 4.51. The molecule has 2 rings (SSSR count). The van der Waals surface area contributed by atoms with Crippen LogP contribution in [0.2, 0.25) is 0 Å². The number of aryl methyl sites for hydroxylation is 1. The Morgan fingerprint density at radius 3 is 2.83 bits per heavy atom. The van der Waals surface area contributed by atoms with Crippen LogP contribution >= 0.6 is 0 Å². The second-order valence-electron chi connectivity index (χ2n) is 4.51. The minimum Gasteiger partial charge on any atom is -0.469 e. The Bertz CT molecular complexity index is 453. The van der Waals surface area contributed by atoms with Gasteiger partial charge in [0.15, 0.2) is 0 Å². The molecule has 1 aliphatic rings. The van der Waals surface area contributed by atoms with E-state index in [1.54, 1.807) is 24.9 Å². The summed E-state index contributed by atoms with van der Waals surface area (Å²) in [7, 11) is 1.60. The number of nitrogens with one attached hydrogen (secondary N) is 1. The van der Waals surface area contributed by atoms with Crippen molar-refractivity contribution >= 4 is 11.8 Å². The maximum absolute atomic E-state index is 12.4. The fourth-order valence-electron chi connectivity index (χ4n) is 2.38. The minimum atomic E-state index is -0.356. The molecule has 1 fully saturated rings. The molecule has 1 unspecified atom stereocenters. The van der Waals surface area contributed by atoms with Crippen molar-refractivity contribution in [1.82, 2.24) is 10.2 Å². The number of furan rings is 1. The number of rotatable bonds is 2. The number of amides is 2. The summed E-state index contributed by atoms with van der Waals surface area (Å²) >= 11 is 0. The molecule has 1 N–H and O–H groups in total. The normalized spacial score (nSPS) is 19.7. The molecular formula is C13H18N2O3. The van der Waals surface area contributed by atoms with Crippen LogP contribution in [0.25, 0.3) is 0 Å². The van der Waals surface area contributed by atoms with Crippen molar-refractivity contribution in [2.75, 3.05) is 13.6 Å². The first kappa shape index (κ1) is 12.7. The van der Waals surface area contributed by atoms with E-state index in [1.807, 2.05) is 0 Å². The maximum Gasteiger partial charge on any atom is 0.258 e. The molecule has 0 bridgehead atoms. The highest BCUT2D eigenvalue weighted by Crippen LogP contribution is 2.21. The highest BCUT2D eigenvalue weighted by Gasteiger charge is 2.32. The molecule has 2 amide bonds. The first-order valence-electron chi connectivity index (χ1n) is 6.22. The standard InChI is InChI=1S/C13H18N2O3/c1-9-10(6-8-18-9)13(17)15-7-4-3-5-11(15)12(16)14-2/h6,8,11H,3-5,7H2,1-2H3,(H,14,16). The largest absolute Gasteiger partial charge is 0.469 e. The van der Waals surface area contributed by atoms with Gasteiger partial charge in [0.1, 0.15) is 11.8 Å². The first-order chi connectivity index (χ1) is 8.65. The van der Waals surface area contributed by atoms with Crippen molar-refractivity contribution in [2.24, 2.45) is 0 Å². The maximum atomic E-state index is 12.4. The topological polar surface area (TPSA) is 62.6 Å². The van der Waals surface area contributed by atoms with Gasteiger partial charge < -0.3 is 14.6 Å². The lowest BCUT2D eigenvalue weighted by molar-refractivity contribution is -0.126. The van der Waals surface area contributed by atoms with E-state index in [0.29, 0.717) is 17.9 Å². The smallest absolute Gasteiger partial charge is 0.258 e. The molecule has 0 radical (unpaired) electrons.